The van der Waals surface area contributed by atoms with Gasteiger partial charge >= 0.3 is 29.6 Å². The van der Waals surface area contributed by atoms with Crippen molar-refractivity contribution in [1.29, 1.82) is 0 Å². The molecule has 2 rings (SSSR count). The summed E-state index contributed by atoms with van der Waals surface area (Å²) < 4.78 is 0. The molecule has 0 saturated heterocycles. The second-order valence-electron chi connectivity index (χ2n) is 3.20. The molecule has 1 aliphatic carbocycles. The van der Waals surface area contributed by atoms with Crippen LogP contribution in [0.5, 0.6) is 0 Å². The van der Waals surface area contributed by atoms with Gasteiger partial charge in [0.15, 0.2) is 0 Å². The van der Waals surface area contributed by atoms with Gasteiger partial charge in [-0.15, -0.1) is 0 Å². The molecule has 1 fully saturated rings. The van der Waals surface area contributed by atoms with Crippen LogP contribution in [-0.2, 0) is 0 Å². The predicted octanol–water partition coefficient (Wildman–Crippen LogP) is 0.0671. The van der Waals surface area contributed by atoms with E-state index in [-0.39, 0.29) is 29.6 Å². The molecular formula is C10H13Na. The predicted molar refractivity (Wildman–Crippen MR) is 43.2 cm³/mol. The van der Waals surface area contributed by atoms with Crippen molar-refractivity contribution in [3.05, 3.63) is 29.8 Å². The molecule has 0 spiro atoms. The van der Waals surface area contributed by atoms with Gasteiger partial charge in [0.1, 0.15) is 0 Å². The van der Waals surface area contributed by atoms with Gasteiger partial charge in [-0.25, -0.2) is 12.1 Å². The van der Waals surface area contributed by atoms with E-state index in [2.05, 4.69) is 24.3 Å². The van der Waals surface area contributed by atoms with Crippen LogP contribution in [0, 0.1) is 0 Å². The second kappa shape index (κ2) is 4.39. The Morgan fingerprint density at radius 1 is 1.00 bits per heavy atom. The van der Waals surface area contributed by atoms with Gasteiger partial charge in [-0.05, 0) is 0 Å². The van der Waals surface area contributed by atoms with Crippen molar-refractivity contribution in [2.45, 2.75) is 31.6 Å². The number of hydrogen-bond donors (Lipinski definition) is 0. The van der Waals surface area contributed by atoms with Crippen molar-refractivity contribution in [2.75, 3.05) is 0 Å². The molecule has 0 aromatic heterocycles. The van der Waals surface area contributed by atoms with Crippen molar-refractivity contribution in [3.63, 3.8) is 0 Å². The van der Waals surface area contributed by atoms with Crippen molar-refractivity contribution in [2.24, 2.45) is 0 Å². The number of hydrogen-bond acceptors (Lipinski definition) is 0. The maximum absolute atomic E-state index is 2.26. The Balaban J connectivity index is 0.000000605. The summed E-state index contributed by atoms with van der Waals surface area (Å²) in [5.41, 5.74) is 1.57. The minimum absolute atomic E-state index is 0. The Kier molecular flexibility index (Phi) is 3.77. The quantitative estimate of drug-likeness (QED) is 0.398. The maximum atomic E-state index is 2.26. The largest absolute Gasteiger partial charge is 1.00 e. The van der Waals surface area contributed by atoms with Gasteiger partial charge in [0, 0.05) is 0 Å². The molecule has 1 aromatic carbocycles. The molecule has 54 valence electrons. The van der Waals surface area contributed by atoms with E-state index >= 15 is 0 Å². The fraction of sp³-hybridized carbons (Fsp3) is 0.500. The van der Waals surface area contributed by atoms with Gasteiger partial charge in [-0.1, -0.05) is 31.6 Å². The monoisotopic (exact) mass is 156 g/mol. The van der Waals surface area contributed by atoms with Crippen LogP contribution < -0.4 is 29.6 Å². The Bertz CT molecular complexity index is 183. The van der Waals surface area contributed by atoms with Crippen molar-refractivity contribution >= 4 is 0 Å². The van der Waals surface area contributed by atoms with Crippen LogP contribution >= 0.6 is 0 Å². The maximum Gasteiger partial charge on any atom is 1.00 e. The van der Waals surface area contributed by atoms with Crippen molar-refractivity contribution in [1.82, 2.24) is 0 Å². The standard InChI is InChI=1S/C10H13.Na/c1-2-6-9(5-1)10-7-3-4-8-10;/h1-2,5-6,10H,3-4,7-8H2;/q-1;+1. The van der Waals surface area contributed by atoms with Crippen LogP contribution in [0.1, 0.15) is 37.2 Å². The summed E-state index contributed by atoms with van der Waals surface area (Å²) in [5, 5.41) is 0. The van der Waals surface area contributed by atoms with Crippen LogP contribution in [0.15, 0.2) is 24.3 Å². The Morgan fingerprint density at radius 3 is 2.09 bits per heavy atom. The van der Waals surface area contributed by atoms with Gasteiger partial charge in [-0.3, -0.25) is 0 Å². The van der Waals surface area contributed by atoms with Crippen molar-refractivity contribution in [3.8, 4) is 0 Å². The zero-order chi connectivity index (χ0) is 6.81. The molecule has 1 aliphatic rings. The van der Waals surface area contributed by atoms with Crippen molar-refractivity contribution < 1.29 is 29.6 Å². The first-order valence-corrected chi connectivity index (χ1v) is 4.18. The molecule has 0 aliphatic heterocycles. The average Bonchev–Trinajstić information content (AvgIpc) is 2.59. The van der Waals surface area contributed by atoms with E-state index < -0.39 is 0 Å². The number of rotatable bonds is 1. The van der Waals surface area contributed by atoms with Crippen LogP contribution in [-0.4, -0.2) is 0 Å². The van der Waals surface area contributed by atoms with Gasteiger partial charge < -0.3 is 0 Å². The molecule has 0 unspecified atom stereocenters. The average molecular weight is 156 g/mol. The van der Waals surface area contributed by atoms with E-state index in [9.17, 15) is 0 Å². The van der Waals surface area contributed by atoms with Crippen LogP contribution in [0.3, 0.4) is 0 Å². The van der Waals surface area contributed by atoms with Crippen LogP contribution in [0.25, 0.3) is 0 Å². The molecule has 0 heterocycles. The first-order chi connectivity index (χ1) is 4.97. The minimum atomic E-state index is 0. The molecule has 1 saturated carbocycles. The summed E-state index contributed by atoms with van der Waals surface area (Å²) in [4.78, 5) is 0. The van der Waals surface area contributed by atoms with Gasteiger partial charge in [0.05, 0.1) is 0 Å². The third-order valence-electron chi connectivity index (χ3n) is 2.52. The van der Waals surface area contributed by atoms with E-state index in [0.717, 1.165) is 5.92 Å². The summed E-state index contributed by atoms with van der Waals surface area (Å²) in [6.07, 6.45) is 5.72. The summed E-state index contributed by atoms with van der Waals surface area (Å²) >= 11 is 0. The molecule has 11 heavy (non-hydrogen) atoms. The van der Waals surface area contributed by atoms with E-state index in [1.165, 1.54) is 25.7 Å². The van der Waals surface area contributed by atoms with Crippen LogP contribution in [0.4, 0.5) is 0 Å². The smallest absolute Gasteiger partial charge is 0.213 e. The normalized spacial score (nSPS) is 18.2. The molecule has 0 nitrogen and oxygen atoms in total. The molecular weight excluding hydrogens is 143 g/mol. The minimum Gasteiger partial charge on any atom is -0.213 e. The van der Waals surface area contributed by atoms with E-state index in [1.54, 1.807) is 5.56 Å². The first kappa shape index (κ1) is 9.44. The molecule has 0 N–H and O–H groups in total. The van der Waals surface area contributed by atoms with Crippen LogP contribution in [0.2, 0.25) is 0 Å². The third-order valence-corrected chi connectivity index (χ3v) is 2.52. The Hall–Kier alpha value is 0.350. The summed E-state index contributed by atoms with van der Waals surface area (Å²) in [7, 11) is 0. The van der Waals surface area contributed by atoms with Gasteiger partial charge in [-0.2, -0.15) is 17.7 Å². The summed E-state index contributed by atoms with van der Waals surface area (Å²) in [6, 6.07) is 8.81. The second-order valence-corrected chi connectivity index (χ2v) is 3.20. The van der Waals surface area contributed by atoms with E-state index in [0.29, 0.717) is 0 Å². The zero-order valence-electron chi connectivity index (χ0n) is 7.22. The first-order valence-electron chi connectivity index (χ1n) is 4.18. The summed E-state index contributed by atoms with van der Waals surface area (Å²) in [5.74, 6) is 0.898. The summed E-state index contributed by atoms with van der Waals surface area (Å²) in [6.45, 7) is 0. The molecule has 0 atom stereocenters. The van der Waals surface area contributed by atoms with E-state index in [4.69, 9.17) is 0 Å². The fourth-order valence-electron chi connectivity index (χ4n) is 1.92. The molecule has 0 radical (unpaired) electrons. The topological polar surface area (TPSA) is 0 Å². The van der Waals surface area contributed by atoms with E-state index in [1.807, 2.05) is 0 Å². The fourth-order valence-corrected chi connectivity index (χ4v) is 1.92. The van der Waals surface area contributed by atoms with Gasteiger partial charge in [0.2, 0.25) is 0 Å². The van der Waals surface area contributed by atoms with Gasteiger partial charge in [0.25, 0.3) is 0 Å². The Morgan fingerprint density at radius 2 is 1.55 bits per heavy atom. The molecule has 0 bridgehead atoms. The molecule has 0 amide bonds. The SMILES string of the molecule is [Na+].c1cc[c-](C2CCCC2)c1. The molecule has 1 heteroatoms. The zero-order valence-corrected chi connectivity index (χ0v) is 9.22. The third kappa shape index (κ3) is 2.14. The Labute approximate surface area is 90.7 Å². The molecule has 1 aromatic rings.